The maximum absolute atomic E-state index is 4.33. The molecule has 4 heteroatoms. The number of nitrogens with one attached hydrogen (secondary N) is 1. The third kappa shape index (κ3) is 1.87. The molecule has 0 fully saturated rings. The van der Waals surface area contributed by atoms with Gasteiger partial charge in [0.15, 0.2) is 0 Å². The monoisotopic (exact) mass is 224 g/mol. The van der Waals surface area contributed by atoms with Crippen molar-refractivity contribution in [3.8, 4) is 0 Å². The van der Waals surface area contributed by atoms with E-state index in [2.05, 4.69) is 34.1 Å². The Morgan fingerprint density at radius 3 is 2.79 bits per heavy atom. The van der Waals surface area contributed by atoms with Crippen LogP contribution in [0.1, 0.15) is 22.2 Å². The highest BCUT2D eigenvalue weighted by atomic mass is 32.1. The van der Waals surface area contributed by atoms with Crippen LogP contribution in [0.15, 0.2) is 22.3 Å². The lowest BCUT2D eigenvalue weighted by atomic mass is 10.1. The largest absolute Gasteiger partial charge is 0.308 e. The van der Waals surface area contributed by atoms with Crippen molar-refractivity contribution < 1.29 is 0 Å². The van der Waals surface area contributed by atoms with E-state index in [1.165, 1.54) is 10.4 Å². The summed E-state index contributed by atoms with van der Waals surface area (Å²) in [7, 11) is 1.97. The number of aromatic nitrogens is 1. The van der Waals surface area contributed by atoms with Gasteiger partial charge in [0.2, 0.25) is 0 Å². The van der Waals surface area contributed by atoms with E-state index in [1.54, 1.807) is 22.7 Å². The summed E-state index contributed by atoms with van der Waals surface area (Å²) in [4.78, 5) is 5.68. The number of thiazole rings is 1. The van der Waals surface area contributed by atoms with Crippen LogP contribution in [-0.2, 0) is 0 Å². The van der Waals surface area contributed by atoms with Crippen LogP contribution in [0.2, 0.25) is 0 Å². The number of hydrogen-bond donors (Lipinski definition) is 1. The summed E-state index contributed by atoms with van der Waals surface area (Å²) in [5, 5.41) is 7.57. The van der Waals surface area contributed by atoms with Crippen molar-refractivity contribution in [2.45, 2.75) is 13.0 Å². The summed E-state index contributed by atoms with van der Waals surface area (Å²) in [6, 6.07) is 2.46. The molecular formula is C10H12N2S2. The van der Waals surface area contributed by atoms with Crippen molar-refractivity contribution in [2.24, 2.45) is 0 Å². The van der Waals surface area contributed by atoms with Gasteiger partial charge in [-0.15, -0.1) is 22.7 Å². The molecule has 2 aromatic rings. The van der Waals surface area contributed by atoms with E-state index in [9.17, 15) is 0 Å². The molecule has 0 amide bonds. The smallest absolute Gasteiger partial charge is 0.0795 e. The first kappa shape index (κ1) is 9.83. The SMILES string of the molecule is CNC(c1csc(C)c1)c1cscn1. The predicted octanol–water partition coefficient (Wildman–Crippen LogP) is 2.82. The van der Waals surface area contributed by atoms with Gasteiger partial charge in [-0.2, -0.15) is 0 Å². The van der Waals surface area contributed by atoms with E-state index in [1.807, 2.05) is 12.6 Å². The Labute approximate surface area is 91.6 Å². The molecule has 0 aromatic carbocycles. The number of hydrogen-bond acceptors (Lipinski definition) is 4. The van der Waals surface area contributed by atoms with Gasteiger partial charge < -0.3 is 5.32 Å². The fourth-order valence-electron chi connectivity index (χ4n) is 1.46. The molecule has 0 radical (unpaired) electrons. The molecule has 2 heterocycles. The third-order valence-electron chi connectivity index (χ3n) is 2.12. The predicted molar refractivity (Wildman–Crippen MR) is 62.1 cm³/mol. The van der Waals surface area contributed by atoms with Crippen LogP contribution in [-0.4, -0.2) is 12.0 Å². The van der Waals surface area contributed by atoms with Crippen molar-refractivity contribution >= 4 is 22.7 Å². The van der Waals surface area contributed by atoms with E-state index in [0.29, 0.717) is 0 Å². The van der Waals surface area contributed by atoms with E-state index in [-0.39, 0.29) is 6.04 Å². The zero-order valence-electron chi connectivity index (χ0n) is 8.15. The second-order valence-corrected chi connectivity index (χ2v) is 4.96. The highest BCUT2D eigenvalue weighted by Gasteiger charge is 2.14. The van der Waals surface area contributed by atoms with Gasteiger partial charge in [0.05, 0.1) is 17.2 Å². The zero-order valence-corrected chi connectivity index (χ0v) is 9.78. The fraction of sp³-hybridized carbons (Fsp3) is 0.300. The lowest BCUT2D eigenvalue weighted by Gasteiger charge is -2.11. The maximum Gasteiger partial charge on any atom is 0.0795 e. The van der Waals surface area contributed by atoms with E-state index >= 15 is 0 Å². The molecule has 74 valence electrons. The molecule has 2 aromatic heterocycles. The molecule has 0 saturated carbocycles. The van der Waals surface area contributed by atoms with Crippen molar-refractivity contribution in [2.75, 3.05) is 7.05 Å². The van der Waals surface area contributed by atoms with Gasteiger partial charge in [-0.05, 0) is 31.0 Å². The Kier molecular flexibility index (Phi) is 2.96. The molecule has 1 atom stereocenters. The van der Waals surface area contributed by atoms with Crippen molar-refractivity contribution in [1.29, 1.82) is 0 Å². The van der Waals surface area contributed by atoms with Gasteiger partial charge in [0, 0.05) is 10.3 Å². The number of nitrogens with zero attached hydrogens (tertiary/aromatic N) is 1. The fourth-order valence-corrected chi connectivity index (χ4v) is 2.77. The van der Waals surface area contributed by atoms with Crippen LogP contribution in [0.25, 0.3) is 0 Å². The lowest BCUT2D eigenvalue weighted by molar-refractivity contribution is 0.677. The standard InChI is InChI=1S/C10H12N2S2/c1-7-3-8(4-14-7)10(11-2)9-5-13-6-12-9/h3-6,10-11H,1-2H3. The van der Waals surface area contributed by atoms with Crippen molar-refractivity contribution in [1.82, 2.24) is 10.3 Å². The first-order valence-electron chi connectivity index (χ1n) is 4.41. The summed E-state index contributed by atoms with van der Waals surface area (Å²) in [5.74, 6) is 0. The second kappa shape index (κ2) is 4.21. The zero-order chi connectivity index (χ0) is 9.97. The molecule has 0 aliphatic heterocycles. The van der Waals surface area contributed by atoms with Crippen molar-refractivity contribution in [3.05, 3.63) is 38.5 Å². The molecule has 0 aliphatic carbocycles. The highest BCUT2D eigenvalue weighted by Crippen LogP contribution is 2.25. The minimum atomic E-state index is 0.242. The molecule has 1 unspecified atom stereocenters. The van der Waals surface area contributed by atoms with Crippen LogP contribution in [0.4, 0.5) is 0 Å². The van der Waals surface area contributed by atoms with Gasteiger partial charge in [-0.3, -0.25) is 0 Å². The van der Waals surface area contributed by atoms with Crippen LogP contribution >= 0.6 is 22.7 Å². The average Bonchev–Trinajstić information content (AvgIpc) is 2.79. The van der Waals surface area contributed by atoms with Gasteiger partial charge >= 0.3 is 0 Å². The summed E-state index contributed by atoms with van der Waals surface area (Å²) in [6.07, 6.45) is 0. The Balaban J connectivity index is 2.31. The molecule has 0 spiro atoms. The number of rotatable bonds is 3. The van der Waals surface area contributed by atoms with Gasteiger partial charge in [0.25, 0.3) is 0 Å². The highest BCUT2D eigenvalue weighted by molar-refractivity contribution is 7.10. The molecule has 0 saturated heterocycles. The van der Waals surface area contributed by atoms with Crippen molar-refractivity contribution in [3.63, 3.8) is 0 Å². The second-order valence-electron chi connectivity index (χ2n) is 3.13. The first-order chi connectivity index (χ1) is 6.81. The Morgan fingerprint density at radius 2 is 2.29 bits per heavy atom. The van der Waals surface area contributed by atoms with Gasteiger partial charge in [-0.1, -0.05) is 0 Å². The van der Waals surface area contributed by atoms with E-state index in [4.69, 9.17) is 0 Å². The maximum atomic E-state index is 4.33. The van der Waals surface area contributed by atoms with Crippen LogP contribution < -0.4 is 5.32 Å². The van der Waals surface area contributed by atoms with Crippen LogP contribution in [0.3, 0.4) is 0 Å². The van der Waals surface area contributed by atoms with E-state index in [0.717, 1.165) is 5.69 Å². The molecule has 14 heavy (non-hydrogen) atoms. The van der Waals surface area contributed by atoms with Crippen LogP contribution in [0.5, 0.6) is 0 Å². The van der Waals surface area contributed by atoms with E-state index < -0.39 is 0 Å². The summed E-state index contributed by atoms with van der Waals surface area (Å²) < 4.78 is 0. The first-order valence-corrected chi connectivity index (χ1v) is 6.24. The minimum absolute atomic E-state index is 0.242. The molecule has 1 N–H and O–H groups in total. The minimum Gasteiger partial charge on any atom is -0.308 e. The Morgan fingerprint density at radius 1 is 1.43 bits per heavy atom. The third-order valence-corrected chi connectivity index (χ3v) is 3.60. The summed E-state index contributed by atoms with van der Waals surface area (Å²) in [5.41, 5.74) is 4.29. The van der Waals surface area contributed by atoms with Crippen LogP contribution in [0, 0.1) is 6.92 Å². The number of thiophene rings is 1. The molecule has 0 bridgehead atoms. The average molecular weight is 224 g/mol. The molecule has 2 nitrogen and oxygen atoms in total. The normalized spacial score (nSPS) is 13.0. The quantitative estimate of drug-likeness (QED) is 0.867. The number of aryl methyl sites for hydroxylation is 1. The van der Waals surface area contributed by atoms with Gasteiger partial charge in [-0.25, -0.2) is 4.98 Å². The topological polar surface area (TPSA) is 24.9 Å². The summed E-state index contributed by atoms with van der Waals surface area (Å²) >= 11 is 3.42. The molecule has 0 aliphatic rings. The Hall–Kier alpha value is -0.710. The molecular weight excluding hydrogens is 212 g/mol. The van der Waals surface area contributed by atoms with Gasteiger partial charge in [0.1, 0.15) is 0 Å². The Bertz CT molecular complexity index is 392. The molecule has 2 rings (SSSR count). The summed E-state index contributed by atoms with van der Waals surface area (Å²) in [6.45, 7) is 2.13. The lowest BCUT2D eigenvalue weighted by Crippen LogP contribution is -2.17.